The number of para-hydroxylation sites is 8. The van der Waals surface area contributed by atoms with Crippen LogP contribution in [0.3, 0.4) is 0 Å². The maximum absolute atomic E-state index is 9.42. The average Bonchev–Trinajstić information content (AvgIpc) is 1.43. The zero-order valence-electron chi connectivity index (χ0n) is 47.4. The molecule has 5 heterocycles. The van der Waals surface area contributed by atoms with Crippen LogP contribution in [0.15, 0.2) is 255 Å². The fraction of sp³-hybridized carbons (Fsp3) is 0. The fourth-order valence-electron chi connectivity index (χ4n) is 12.1. The second-order valence-corrected chi connectivity index (χ2v) is 19.0. The molecule has 16 rings (SSSR count). The molecule has 344 valence electrons. The van der Waals surface area contributed by atoms with Crippen LogP contribution in [0.1, 0.15) is 11.0 Å². The highest BCUT2D eigenvalue weighted by molar-refractivity contribution is 7.02. The average molecular weight is 953 g/mol. The lowest BCUT2D eigenvalue weighted by molar-refractivity contribution is 0.465. The third kappa shape index (κ3) is 5.96. The highest BCUT2D eigenvalue weighted by Gasteiger charge is 2.47. The Bertz CT molecular complexity index is 4610. The van der Waals surface area contributed by atoms with E-state index < -0.39 is 43.0 Å². The zero-order chi connectivity index (χ0) is 55.4. The molecule has 0 fully saturated rings. The van der Waals surface area contributed by atoms with Gasteiger partial charge in [0.15, 0.2) is 0 Å². The maximum Gasteiger partial charge on any atom is 0.256 e. The van der Waals surface area contributed by atoms with Gasteiger partial charge in [0.2, 0.25) is 0 Å². The lowest BCUT2D eigenvalue weighted by atomic mass is 9.31. The summed E-state index contributed by atoms with van der Waals surface area (Å²) in [5.41, 5.74) is 14.7. The topological polar surface area (TPSA) is 33.1 Å². The number of aromatic nitrogens is 1. The molecule has 0 saturated heterocycles. The third-order valence-corrected chi connectivity index (χ3v) is 15.1. The zero-order valence-corrected chi connectivity index (χ0v) is 39.4. The van der Waals surface area contributed by atoms with Gasteiger partial charge in [0.25, 0.3) is 13.4 Å². The van der Waals surface area contributed by atoms with Crippen LogP contribution in [0.2, 0.25) is 0 Å². The van der Waals surface area contributed by atoms with Crippen molar-refractivity contribution in [2.45, 2.75) is 0 Å². The van der Waals surface area contributed by atoms with Crippen LogP contribution in [0.25, 0.3) is 27.5 Å². The van der Waals surface area contributed by atoms with Gasteiger partial charge in [0.1, 0.15) is 23.0 Å². The number of rotatable bonds is 6. The lowest BCUT2D eigenvalue weighted by Crippen LogP contribution is -2.63. The summed E-state index contributed by atoms with van der Waals surface area (Å²) in [7, 11) is 0. The number of benzene rings is 11. The molecule has 11 aromatic carbocycles. The van der Waals surface area contributed by atoms with Crippen molar-refractivity contribution < 1.29 is 20.4 Å². The number of hydrogen-bond acceptors (Lipinski definition) is 5. The summed E-state index contributed by atoms with van der Waals surface area (Å²) in [5.74, 6) is 2.33. The molecular formula is C66H42B2N4O2. The van der Waals surface area contributed by atoms with Crippen LogP contribution >= 0.6 is 0 Å². The minimum Gasteiger partial charge on any atom is -0.458 e. The first-order chi connectivity index (χ1) is 40.0. The first kappa shape index (κ1) is 33.8. The Labute approximate surface area is 440 Å². The molecule has 0 amide bonds. The molecule has 6 nitrogen and oxygen atoms in total. The fourth-order valence-corrected chi connectivity index (χ4v) is 12.1. The molecule has 0 N–H and O–H groups in total. The number of nitrogens with zero attached hydrogens (tertiary/aromatic N) is 4. The predicted octanol–water partition coefficient (Wildman–Crippen LogP) is 13.1. The van der Waals surface area contributed by atoms with Crippen LogP contribution in [0.4, 0.5) is 51.2 Å². The van der Waals surface area contributed by atoms with E-state index in [1.165, 1.54) is 0 Å². The molecule has 0 radical (unpaired) electrons. The quantitative estimate of drug-likeness (QED) is 0.155. The van der Waals surface area contributed by atoms with Crippen molar-refractivity contribution >= 4 is 119 Å². The minimum atomic E-state index is -0.505. The Hall–Kier alpha value is -9.65. The Kier molecular flexibility index (Phi) is 7.28. The molecule has 4 aliphatic rings. The van der Waals surface area contributed by atoms with Gasteiger partial charge in [0, 0.05) is 74.5 Å². The Morgan fingerprint density at radius 1 is 0.351 bits per heavy atom. The molecule has 4 aliphatic heterocycles. The van der Waals surface area contributed by atoms with Gasteiger partial charge in [0.05, 0.1) is 33.4 Å². The van der Waals surface area contributed by atoms with Crippen LogP contribution < -0.4 is 57.0 Å². The number of ether oxygens (including phenoxy) is 2. The van der Waals surface area contributed by atoms with E-state index in [-0.39, 0.29) is 40.6 Å². The smallest absolute Gasteiger partial charge is 0.256 e. The minimum absolute atomic E-state index is 0.00373. The molecule has 0 bridgehead atoms. The van der Waals surface area contributed by atoms with Crippen molar-refractivity contribution in [3.05, 3.63) is 255 Å². The predicted molar refractivity (Wildman–Crippen MR) is 307 cm³/mol. The van der Waals surface area contributed by atoms with Crippen molar-refractivity contribution in [2.75, 3.05) is 14.7 Å². The molecule has 12 aromatic rings. The van der Waals surface area contributed by atoms with Gasteiger partial charge in [-0.2, -0.15) is 0 Å². The summed E-state index contributed by atoms with van der Waals surface area (Å²) < 4.78 is 88.8. The molecular weight excluding hydrogens is 902 g/mol. The van der Waals surface area contributed by atoms with E-state index in [9.17, 15) is 5.48 Å². The monoisotopic (exact) mass is 952 g/mol. The summed E-state index contributed by atoms with van der Waals surface area (Å²) in [5, 5.41) is -0.00746. The second kappa shape index (κ2) is 15.9. The first-order valence-electron chi connectivity index (χ1n) is 28.7. The van der Waals surface area contributed by atoms with E-state index in [4.69, 9.17) is 15.0 Å². The van der Waals surface area contributed by atoms with Crippen LogP contribution in [-0.2, 0) is 0 Å². The summed E-state index contributed by atoms with van der Waals surface area (Å²) in [6.45, 7) is -0.672. The Balaban J connectivity index is 0.962. The van der Waals surface area contributed by atoms with E-state index in [1.54, 1.807) is 4.57 Å². The standard InChI is InChI=1S/C66H42B2N4O2/c1-5-21-43(22-6-1)69(44-23-7-2-8-24-44)47-37-59-65-63(39-47)73-61-42-62-54(41-53(61)67(65)51-31-15-19-35-57(51)70(59)45-25-9-3-10-26-45)68-52-32-16-20-36-58(52)71(46-27-11-4-12-28-46)60-38-48(40-64(74-62)66(60)68)72-55-33-17-13-29-49(55)50-30-14-18-34-56(50)72/h1-42H/i13D,14D,17D,18D,29D,30D,33D,34D. The van der Waals surface area contributed by atoms with E-state index in [0.717, 1.165) is 84.0 Å². The Morgan fingerprint density at radius 3 is 1.32 bits per heavy atom. The SMILES string of the molecule is [2H]c1c([2H])c([2H])c2c(c1[2H])c1c([2H])c([2H])c([2H])c([2H])c1n2-c1cc2c3c(c1)N(c1ccccc1)c1ccccc1B3c1cc3c(cc1O2)Oc1cc(N(c2ccccc2)c2ccccc2)cc2c1B3c1ccccc1N2c1ccccc1. The molecule has 0 spiro atoms. The van der Waals surface area contributed by atoms with Gasteiger partial charge in [-0.3, -0.25) is 0 Å². The first-order valence-corrected chi connectivity index (χ1v) is 24.7. The summed E-state index contributed by atoms with van der Waals surface area (Å²) in [4.78, 5) is 6.77. The van der Waals surface area contributed by atoms with Gasteiger partial charge in [-0.1, -0.05) is 152 Å². The summed E-state index contributed by atoms with van der Waals surface area (Å²) in [6, 6.07) is 67.0. The molecule has 0 aliphatic carbocycles. The lowest BCUT2D eigenvalue weighted by Gasteiger charge is -2.42. The normalized spacial score (nSPS) is 14.8. The third-order valence-electron chi connectivity index (χ3n) is 15.1. The van der Waals surface area contributed by atoms with Gasteiger partial charge in [-0.25, -0.2) is 0 Å². The van der Waals surface area contributed by atoms with Crippen molar-refractivity contribution in [1.29, 1.82) is 0 Å². The van der Waals surface area contributed by atoms with E-state index in [0.29, 0.717) is 28.7 Å². The maximum atomic E-state index is 9.42. The molecule has 0 saturated carbocycles. The van der Waals surface area contributed by atoms with Gasteiger partial charge >= 0.3 is 0 Å². The molecule has 1 aromatic heterocycles. The number of anilines is 9. The second-order valence-electron chi connectivity index (χ2n) is 19.0. The molecule has 74 heavy (non-hydrogen) atoms. The summed E-state index contributed by atoms with van der Waals surface area (Å²) >= 11 is 0. The Morgan fingerprint density at radius 2 is 0.797 bits per heavy atom. The van der Waals surface area contributed by atoms with Crippen molar-refractivity contribution in [2.24, 2.45) is 0 Å². The van der Waals surface area contributed by atoms with Gasteiger partial charge < -0.3 is 28.7 Å². The number of hydrogen-bond donors (Lipinski definition) is 0. The van der Waals surface area contributed by atoms with Gasteiger partial charge in [-0.15, -0.1) is 0 Å². The highest BCUT2D eigenvalue weighted by atomic mass is 16.5. The van der Waals surface area contributed by atoms with Crippen LogP contribution in [-0.4, -0.2) is 18.0 Å². The molecule has 0 unspecified atom stereocenters. The largest absolute Gasteiger partial charge is 0.458 e. The van der Waals surface area contributed by atoms with E-state index >= 15 is 0 Å². The van der Waals surface area contributed by atoms with Gasteiger partial charge in [-0.05, 0) is 118 Å². The van der Waals surface area contributed by atoms with Crippen LogP contribution in [0.5, 0.6) is 23.0 Å². The van der Waals surface area contributed by atoms with Crippen molar-refractivity contribution in [3.63, 3.8) is 0 Å². The molecule has 8 heteroatoms. The van der Waals surface area contributed by atoms with E-state index in [1.807, 2.05) is 97.1 Å². The molecule has 0 atom stereocenters. The van der Waals surface area contributed by atoms with Crippen molar-refractivity contribution in [3.8, 4) is 28.7 Å². The summed E-state index contributed by atoms with van der Waals surface area (Å²) in [6.07, 6.45) is 0. The number of fused-ring (bicyclic) bond motifs is 11. The van der Waals surface area contributed by atoms with E-state index in [2.05, 4.69) is 124 Å². The van der Waals surface area contributed by atoms with Crippen molar-refractivity contribution in [1.82, 2.24) is 4.57 Å². The van der Waals surface area contributed by atoms with Crippen LogP contribution in [0, 0.1) is 0 Å². The highest BCUT2D eigenvalue weighted by Crippen LogP contribution is 2.48.